The van der Waals surface area contributed by atoms with Crippen LogP contribution in [0.4, 0.5) is 0 Å². The van der Waals surface area contributed by atoms with Crippen LogP contribution in [-0.2, 0) is 10.0 Å². The first-order chi connectivity index (χ1) is 8.88. The van der Waals surface area contributed by atoms with Crippen molar-refractivity contribution in [2.75, 3.05) is 0 Å². The van der Waals surface area contributed by atoms with Crippen LogP contribution in [0.3, 0.4) is 0 Å². The number of aryl methyl sites for hydroxylation is 1. The van der Waals surface area contributed by atoms with Crippen LogP contribution in [0.1, 0.15) is 23.7 Å². The fraction of sp³-hybridized carbons (Fsp3) is 0.300. The summed E-state index contributed by atoms with van der Waals surface area (Å²) >= 11 is 6.93. The molecule has 0 fully saturated rings. The fourth-order valence-corrected chi connectivity index (χ4v) is 3.43. The molecule has 1 unspecified atom stereocenters. The lowest BCUT2D eigenvalue weighted by atomic mass is 10.4. The zero-order valence-corrected chi connectivity index (χ0v) is 12.6. The standard InChI is InChI=1S/C10H11ClN4O2S2/c1-6-5-18-9(14-6)7(2)15-19(16,17)8-3-12-10(11)13-4-8/h3-5,7,15H,1-2H3. The topological polar surface area (TPSA) is 84.8 Å². The molecule has 1 N–H and O–H groups in total. The number of rotatable bonds is 4. The van der Waals surface area contributed by atoms with E-state index in [1.54, 1.807) is 6.92 Å². The van der Waals surface area contributed by atoms with Gasteiger partial charge in [-0.1, -0.05) is 0 Å². The molecule has 2 heterocycles. The van der Waals surface area contributed by atoms with Gasteiger partial charge in [0.15, 0.2) is 0 Å². The number of thiazole rings is 1. The minimum atomic E-state index is -3.68. The Bertz CT molecular complexity index is 669. The minimum Gasteiger partial charge on any atom is -0.245 e. The van der Waals surface area contributed by atoms with Crippen LogP contribution in [0.5, 0.6) is 0 Å². The highest BCUT2D eigenvalue weighted by molar-refractivity contribution is 7.89. The van der Waals surface area contributed by atoms with E-state index in [2.05, 4.69) is 19.7 Å². The van der Waals surface area contributed by atoms with Gasteiger partial charge in [-0.15, -0.1) is 11.3 Å². The van der Waals surface area contributed by atoms with E-state index in [0.717, 1.165) is 18.1 Å². The Labute approximate surface area is 119 Å². The van der Waals surface area contributed by atoms with Gasteiger partial charge in [-0.2, -0.15) is 0 Å². The molecule has 6 nitrogen and oxygen atoms in total. The molecule has 0 saturated carbocycles. The number of aromatic nitrogens is 3. The molecule has 1 atom stereocenters. The van der Waals surface area contributed by atoms with E-state index in [1.807, 2.05) is 12.3 Å². The molecular formula is C10H11ClN4O2S2. The Balaban J connectivity index is 2.19. The largest absolute Gasteiger partial charge is 0.245 e. The summed E-state index contributed by atoms with van der Waals surface area (Å²) in [6.07, 6.45) is 2.33. The molecule has 9 heteroatoms. The average molecular weight is 319 g/mol. The van der Waals surface area contributed by atoms with E-state index in [4.69, 9.17) is 11.6 Å². The van der Waals surface area contributed by atoms with Gasteiger partial charge in [0, 0.05) is 11.1 Å². The summed E-state index contributed by atoms with van der Waals surface area (Å²) in [5.74, 6) is 0. The van der Waals surface area contributed by atoms with Crippen molar-refractivity contribution in [3.05, 3.63) is 33.8 Å². The van der Waals surface area contributed by atoms with Crippen molar-refractivity contribution in [1.29, 1.82) is 0 Å². The van der Waals surface area contributed by atoms with Gasteiger partial charge in [-0.25, -0.2) is 28.1 Å². The van der Waals surface area contributed by atoms with E-state index in [9.17, 15) is 8.42 Å². The lowest BCUT2D eigenvalue weighted by Crippen LogP contribution is -2.27. The molecule has 2 aromatic heterocycles. The highest BCUT2D eigenvalue weighted by Gasteiger charge is 2.20. The smallest absolute Gasteiger partial charge is 0.244 e. The third-order valence-corrected chi connectivity index (χ3v) is 5.08. The van der Waals surface area contributed by atoms with Crippen molar-refractivity contribution >= 4 is 33.0 Å². The zero-order valence-electron chi connectivity index (χ0n) is 10.2. The van der Waals surface area contributed by atoms with E-state index < -0.39 is 16.1 Å². The van der Waals surface area contributed by atoms with Gasteiger partial charge in [0.05, 0.1) is 18.4 Å². The maximum Gasteiger partial charge on any atom is 0.244 e. The second-order valence-electron chi connectivity index (χ2n) is 3.86. The number of nitrogens with one attached hydrogen (secondary N) is 1. The predicted octanol–water partition coefficient (Wildman–Crippen LogP) is 1.93. The summed E-state index contributed by atoms with van der Waals surface area (Å²) in [6.45, 7) is 3.58. The summed E-state index contributed by atoms with van der Waals surface area (Å²) in [5, 5.41) is 2.57. The quantitative estimate of drug-likeness (QED) is 0.871. The Morgan fingerprint density at radius 2 is 2.00 bits per heavy atom. The van der Waals surface area contributed by atoms with E-state index in [-0.39, 0.29) is 10.2 Å². The normalized spacial score (nSPS) is 13.4. The molecule has 0 bridgehead atoms. The van der Waals surface area contributed by atoms with E-state index in [0.29, 0.717) is 5.01 Å². The molecule has 0 aromatic carbocycles. The lowest BCUT2D eigenvalue weighted by molar-refractivity contribution is 0.565. The first-order valence-electron chi connectivity index (χ1n) is 5.30. The maximum absolute atomic E-state index is 12.1. The maximum atomic E-state index is 12.1. The van der Waals surface area contributed by atoms with Crippen molar-refractivity contribution in [2.24, 2.45) is 0 Å². The van der Waals surface area contributed by atoms with Crippen LogP contribution < -0.4 is 4.72 Å². The Morgan fingerprint density at radius 3 is 2.53 bits per heavy atom. The monoisotopic (exact) mass is 318 g/mol. The number of nitrogens with zero attached hydrogens (tertiary/aromatic N) is 3. The third kappa shape index (κ3) is 3.47. The first-order valence-corrected chi connectivity index (χ1v) is 8.04. The number of halogens is 1. The molecule has 0 saturated heterocycles. The molecule has 102 valence electrons. The van der Waals surface area contributed by atoms with Gasteiger partial charge in [0.1, 0.15) is 9.90 Å². The van der Waals surface area contributed by atoms with Crippen LogP contribution in [0, 0.1) is 6.92 Å². The van der Waals surface area contributed by atoms with Crippen LogP contribution in [0.2, 0.25) is 5.28 Å². The van der Waals surface area contributed by atoms with Crippen LogP contribution >= 0.6 is 22.9 Å². The molecule has 0 radical (unpaired) electrons. The Hall–Kier alpha value is -1.09. The Morgan fingerprint density at radius 1 is 1.37 bits per heavy atom. The minimum absolute atomic E-state index is 0.00236. The van der Waals surface area contributed by atoms with Crippen molar-refractivity contribution < 1.29 is 8.42 Å². The summed E-state index contributed by atoms with van der Waals surface area (Å²) in [4.78, 5) is 11.5. The van der Waals surface area contributed by atoms with Gasteiger partial charge >= 0.3 is 0 Å². The Kier molecular flexibility index (Phi) is 4.14. The van der Waals surface area contributed by atoms with Crippen LogP contribution in [0.15, 0.2) is 22.7 Å². The summed E-state index contributed by atoms with van der Waals surface area (Å²) in [5.41, 5.74) is 0.862. The molecule has 2 aromatic rings. The molecule has 19 heavy (non-hydrogen) atoms. The molecule has 0 spiro atoms. The van der Waals surface area contributed by atoms with Crippen molar-refractivity contribution in [3.8, 4) is 0 Å². The van der Waals surface area contributed by atoms with Crippen LogP contribution in [0.25, 0.3) is 0 Å². The third-order valence-electron chi connectivity index (χ3n) is 2.25. The second-order valence-corrected chi connectivity index (χ2v) is 6.80. The number of sulfonamides is 1. The molecule has 0 aliphatic carbocycles. The molecule has 0 aliphatic rings. The lowest BCUT2D eigenvalue weighted by Gasteiger charge is -2.11. The van der Waals surface area contributed by atoms with E-state index >= 15 is 0 Å². The molecule has 2 rings (SSSR count). The van der Waals surface area contributed by atoms with E-state index in [1.165, 1.54) is 11.3 Å². The van der Waals surface area contributed by atoms with Crippen molar-refractivity contribution in [3.63, 3.8) is 0 Å². The molecule has 0 amide bonds. The summed E-state index contributed by atoms with van der Waals surface area (Å²) < 4.78 is 26.7. The summed E-state index contributed by atoms with van der Waals surface area (Å²) in [6, 6.07) is -0.417. The summed E-state index contributed by atoms with van der Waals surface area (Å²) in [7, 11) is -3.68. The second kappa shape index (κ2) is 5.49. The first kappa shape index (κ1) is 14.3. The van der Waals surface area contributed by atoms with Gasteiger partial charge < -0.3 is 0 Å². The number of hydrogen-bond donors (Lipinski definition) is 1. The van der Waals surface area contributed by atoms with Gasteiger partial charge in [-0.05, 0) is 25.4 Å². The zero-order chi connectivity index (χ0) is 14.0. The highest BCUT2D eigenvalue weighted by atomic mass is 35.5. The molecule has 0 aliphatic heterocycles. The van der Waals surface area contributed by atoms with Gasteiger partial charge in [0.2, 0.25) is 15.3 Å². The van der Waals surface area contributed by atoms with Gasteiger partial charge in [-0.3, -0.25) is 0 Å². The SMILES string of the molecule is Cc1csc(C(C)NS(=O)(=O)c2cnc(Cl)nc2)n1. The molecular weight excluding hydrogens is 308 g/mol. The number of hydrogen-bond acceptors (Lipinski definition) is 6. The average Bonchev–Trinajstić information content (AvgIpc) is 2.76. The van der Waals surface area contributed by atoms with Crippen LogP contribution in [-0.4, -0.2) is 23.4 Å². The van der Waals surface area contributed by atoms with Crippen molar-refractivity contribution in [1.82, 2.24) is 19.7 Å². The van der Waals surface area contributed by atoms with Gasteiger partial charge in [0.25, 0.3) is 0 Å². The fourth-order valence-electron chi connectivity index (χ4n) is 1.36. The van der Waals surface area contributed by atoms with Crippen molar-refractivity contribution in [2.45, 2.75) is 24.8 Å². The predicted molar refractivity (Wildman–Crippen MR) is 72.6 cm³/mol. The highest BCUT2D eigenvalue weighted by Crippen LogP contribution is 2.20.